The lowest BCUT2D eigenvalue weighted by atomic mass is 9.93. The molecule has 3 heterocycles. The number of aromatic nitrogens is 2. The molecule has 0 bridgehead atoms. The van der Waals surface area contributed by atoms with Gasteiger partial charge in [0.1, 0.15) is 0 Å². The maximum absolute atomic E-state index is 11.8. The number of aromatic amines is 1. The first-order valence-electron chi connectivity index (χ1n) is 7.25. The molecule has 0 spiro atoms. The van der Waals surface area contributed by atoms with E-state index in [0.29, 0.717) is 29.4 Å². The van der Waals surface area contributed by atoms with Crippen LogP contribution in [0.1, 0.15) is 43.2 Å². The number of nitrogens with one attached hydrogen (secondary N) is 1. The number of carboxylic acids is 2. The van der Waals surface area contributed by atoms with Gasteiger partial charge in [0.15, 0.2) is 0 Å². The number of nitrogens with zero attached hydrogens (tertiary/aromatic N) is 1. The third-order valence-corrected chi connectivity index (χ3v) is 4.51. The van der Waals surface area contributed by atoms with Crippen LogP contribution in [0.3, 0.4) is 0 Å². The maximum atomic E-state index is 11.8. The molecule has 3 aromatic rings. The van der Waals surface area contributed by atoms with Crippen LogP contribution >= 0.6 is 0 Å². The van der Waals surface area contributed by atoms with Crippen LogP contribution in [-0.4, -0.2) is 31.7 Å². The molecule has 1 aromatic carbocycles. The Bertz CT molecular complexity index is 994. The number of aryl methyl sites for hydroxylation is 1. The van der Waals surface area contributed by atoms with Crippen molar-refractivity contribution >= 4 is 22.8 Å². The van der Waals surface area contributed by atoms with Gasteiger partial charge in [-0.15, -0.1) is 0 Å². The van der Waals surface area contributed by atoms with Crippen molar-refractivity contribution in [3.8, 4) is 0 Å². The molecule has 4 rings (SSSR count). The van der Waals surface area contributed by atoms with E-state index in [4.69, 9.17) is 0 Å². The smallest absolute Gasteiger partial charge is 0.337 e. The number of carboxylic acid groups (broad SMARTS) is 2. The molecule has 6 heteroatoms. The summed E-state index contributed by atoms with van der Waals surface area (Å²) in [7, 11) is 0. The van der Waals surface area contributed by atoms with Crippen molar-refractivity contribution < 1.29 is 19.8 Å². The molecule has 1 aliphatic heterocycles. The third kappa shape index (κ3) is 1.81. The normalized spacial score (nSPS) is 12.9. The highest BCUT2D eigenvalue weighted by Gasteiger charge is 2.28. The molecule has 6 nitrogen and oxygen atoms in total. The van der Waals surface area contributed by atoms with Crippen molar-refractivity contribution in [2.24, 2.45) is 0 Å². The van der Waals surface area contributed by atoms with Crippen LogP contribution in [0.25, 0.3) is 10.9 Å². The molecular weight excluding hydrogens is 296 g/mol. The second-order valence-corrected chi connectivity index (χ2v) is 5.86. The summed E-state index contributed by atoms with van der Waals surface area (Å²) in [4.78, 5) is 26.6. The summed E-state index contributed by atoms with van der Waals surface area (Å²) in [6, 6.07) is 5.67. The standard InChI is InChI=1S/C17H14N2O4/c1-8-5-11-14(15(17(22)23)13(8)16(20)21)10-6-9-3-2-4-19(9)7-12(10)18-11/h2-5,18H,6-7H2,1H3,(H,20,21)(H,22,23). The number of rotatable bonds is 2. The molecule has 0 fully saturated rings. The summed E-state index contributed by atoms with van der Waals surface area (Å²) in [5.41, 5.74) is 3.78. The molecule has 0 amide bonds. The van der Waals surface area contributed by atoms with E-state index < -0.39 is 11.9 Å². The van der Waals surface area contributed by atoms with Crippen LogP contribution < -0.4 is 0 Å². The third-order valence-electron chi connectivity index (χ3n) is 4.51. The van der Waals surface area contributed by atoms with E-state index in [0.717, 1.165) is 17.0 Å². The molecule has 2 aromatic heterocycles. The van der Waals surface area contributed by atoms with Gasteiger partial charge in [0.25, 0.3) is 0 Å². The molecular formula is C17H14N2O4. The average molecular weight is 310 g/mol. The zero-order chi connectivity index (χ0) is 16.3. The Kier molecular flexibility index (Phi) is 2.66. The highest BCUT2D eigenvalue weighted by molar-refractivity contribution is 6.13. The monoisotopic (exact) mass is 310 g/mol. The van der Waals surface area contributed by atoms with Crippen LogP contribution in [0.5, 0.6) is 0 Å². The van der Waals surface area contributed by atoms with Crippen LogP contribution in [0.2, 0.25) is 0 Å². The number of benzene rings is 1. The molecule has 0 aliphatic carbocycles. The highest BCUT2D eigenvalue weighted by Crippen LogP contribution is 2.35. The van der Waals surface area contributed by atoms with E-state index in [1.807, 2.05) is 18.3 Å². The zero-order valence-electron chi connectivity index (χ0n) is 12.4. The summed E-state index contributed by atoms with van der Waals surface area (Å²) in [5, 5.41) is 19.6. The molecule has 0 radical (unpaired) electrons. The Morgan fingerprint density at radius 2 is 1.96 bits per heavy atom. The largest absolute Gasteiger partial charge is 0.478 e. The van der Waals surface area contributed by atoms with Crippen molar-refractivity contribution in [2.45, 2.75) is 19.9 Å². The number of hydrogen-bond acceptors (Lipinski definition) is 2. The number of fused-ring (bicyclic) bond motifs is 4. The van der Waals surface area contributed by atoms with Gasteiger partial charge < -0.3 is 19.8 Å². The minimum atomic E-state index is -1.21. The van der Waals surface area contributed by atoms with E-state index in [-0.39, 0.29) is 11.1 Å². The fourth-order valence-electron chi connectivity index (χ4n) is 3.55. The second-order valence-electron chi connectivity index (χ2n) is 5.86. The quantitative estimate of drug-likeness (QED) is 0.530. The van der Waals surface area contributed by atoms with E-state index in [1.54, 1.807) is 13.0 Å². The SMILES string of the molecule is Cc1cc2[nH]c3c(c2c(C(=O)O)c1C(=O)O)Cc1cccn1C3. The Hall–Kier alpha value is -3.02. The second kappa shape index (κ2) is 4.49. The van der Waals surface area contributed by atoms with Gasteiger partial charge in [-0.05, 0) is 36.2 Å². The predicted octanol–water partition coefficient (Wildman–Crippen LogP) is 2.63. The van der Waals surface area contributed by atoms with Crippen LogP contribution in [-0.2, 0) is 13.0 Å². The van der Waals surface area contributed by atoms with Gasteiger partial charge >= 0.3 is 11.9 Å². The van der Waals surface area contributed by atoms with Crippen molar-refractivity contribution in [1.29, 1.82) is 0 Å². The summed E-state index contributed by atoms with van der Waals surface area (Å²) in [5.74, 6) is -2.42. The van der Waals surface area contributed by atoms with E-state index in [1.165, 1.54) is 0 Å². The van der Waals surface area contributed by atoms with E-state index in [9.17, 15) is 19.8 Å². The molecule has 116 valence electrons. The predicted molar refractivity (Wildman–Crippen MR) is 83.3 cm³/mol. The minimum absolute atomic E-state index is 0.120. The lowest BCUT2D eigenvalue weighted by molar-refractivity contribution is 0.0652. The topological polar surface area (TPSA) is 95.3 Å². The summed E-state index contributed by atoms with van der Waals surface area (Å²) in [6.45, 7) is 2.26. The van der Waals surface area contributed by atoms with Crippen LogP contribution in [0.15, 0.2) is 24.4 Å². The van der Waals surface area contributed by atoms with Gasteiger partial charge in [0.05, 0.1) is 17.7 Å². The lowest BCUT2D eigenvalue weighted by Gasteiger charge is -2.17. The molecule has 0 atom stereocenters. The molecule has 0 saturated heterocycles. The number of aromatic carboxylic acids is 2. The van der Waals surface area contributed by atoms with Gasteiger partial charge in [0.2, 0.25) is 0 Å². The van der Waals surface area contributed by atoms with E-state index >= 15 is 0 Å². The number of hydrogen-bond donors (Lipinski definition) is 3. The highest BCUT2D eigenvalue weighted by atomic mass is 16.4. The first-order valence-corrected chi connectivity index (χ1v) is 7.25. The minimum Gasteiger partial charge on any atom is -0.478 e. The van der Waals surface area contributed by atoms with Crippen LogP contribution in [0.4, 0.5) is 0 Å². The van der Waals surface area contributed by atoms with Gasteiger partial charge in [-0.3, -0.25) is 0 Å². The number of H-pyrrole nitrogens is 1. The molecule has 23 heavy (non-hydrogen) atoms. The first-order chi connectivity index (χ1) is 11.0. The molecule has 3 N–H and O–H groups in total. The van der Waals surface area contributed by atoms with Gasteiger partial charge in [-0.1, -0.05) is 0 Å². The van der Waals surface area contributed by atoms with Crippen molar-refractivity contribution in [1.82, 2.24) is 9.55 Å². The van der Waals surface area contributed by atoms with Gasteiger partial charge in [-0.2, -0.15) is 0 Å². The number of carbonyl (C=O) groups is 2. The summed E-state index contributed by atoms with van der Waals surface area (Å²) in [6.07, 6.45) is 2.57. The Morgan fingerprint density at radius 1 is 1.22 bits per heavy atom. The molecule has 1 aliphatic rings. The summed E-state index contributed by atoms with van der Waals surface area (Å²) >= 11 is 0. The van der Waals surface area contributed by atoms with Crippen LogP contribution in [0, 0.1) is 6.92 Å². The van der Waals surface area contributed by atoms with Crippen molar-refractivity contribution in [2.75, 3.05) is 0 Å². The van der Waals surface area contributed by atoms with Crippen molar-refractivity contribution in [3.63, 3.8) is 0 Å². The molecule has 0 saturated carbocycles. The first kappa shape index (κ1) is 13.6. The Labute approximate surface area is 131 Å². The maximum Gasteiger partial charge on any atom is 0.337 e. The summed E-state index contributed by atoms with van der Waals surface area (Å²) < 4.78 is 2.10. The Balaban J connectivity index is 2.09. The fourth-order valence-corrected chi connectivity index (χ4v) is 3.55. The molecule has 0 unspecified atom stereocenters. The zero-order valence-corrected chi connectivity index (χ0v) is 12.4. The lowest BCUT2D eigenvalue weighted by Crippen LogP contribution is -2.14. The van der Waals surface area contributed by atoms with E-state index in [2.05, 4.69) is 9.55 Å². The fraction of sp³-hybridized carbons (Fsp3) is 0.176. The Morgan fingerprint density at radius 3 is 2.65 bits per heavy atom. The van der Waals surface area contributed by atoms with Gasteiger partial charge in [0, 0.05) is 34.9 Å². The van der Waals surface area contributed by atoms with Crippen molar-refractivity contribution in [3.05, 3.63) is 58.0 Å². The van der Waals surface area contributed by atoms with Gasteiger partial charge in [-0.25, -0.2) is 9.59 Å². The average Bonchev–Trinajstić information content (AvgIpc) is 3.05.